The van der Waals surface area contributed by atoms with Crippen LogP contribution in [0.2, 0.25) is 0 Å². The third kappa shape index (κ3) is 4.18. The summed E-state index contributed by atoms with van der Waals surface area (Å²) in [5.74, 6) is 0.323. The minimum atomic E-state index is 0.323. The first-order chi connectivity index (χ1) is 9.13. The summed E-state index contributed by atoms with van der Waals surface area (Å²) in [6, 6.07) is 0. The number of nitrogens with zero attached hydrogens (tertiary/aromatic N) is 2. The highest BCUT2D eigenvalue weighted by Crippen LogP contribution is 2.33. The van der Waals surface area contributed by atoms with Crippen molar-refractivity contribution in [2.45, 2.75) is 39.5 Å². The van der Waals surface area contributed by atoms with Gasteiger partial charge in [-0.3, -0.25) is 9.69 Å². The van der Waals surface area contributed by atoms with Crippen LogP contribution in [-0.2, 0) is 4.79 Å². The van der Waals surface area contributed by atoms with Gasteiger partial charge in [-0.15, -0.1) is 0 Å². The summed E-state index contributed by atoms with van der Waals surface area (Å²) < 4.78 is 0. The maximum absolute atomic E-state index is 12.3. The van der Waals surface area contributed by atoms with Crippen LogP contribution < -0.4 is 5.32 Å². The highest BCUT2D eigenvalue weighted by Gasteiger charge is 2.29. The quantitative estimate of drug-likeness (QED) is 0.838. The average molecular weight is 267 g/mol. The Bertz CT molecular complexity index is 290. The van der Waals surface area contributed by atoms with Crippen molar-refractivity contribution in [2.24, 2.45) is 5.41 Å². The lowest BCUT2D eigenvalue weighted by Crippen LogP contribution is -2.46. The molecule has 0 saturated carbocycles. The summed E-state index contributed by atoms with van der Waals surface area (Å²) >= 11 is 0. The van der Waals surface area contributed by atoms with Crippen molar-refractivity contribution in [2.75, 3.05) is 45.8 Å². The molecule has 2 aliphatic rings. The van der Waals surface area contributed by atoms with Gasteiger partial charge < -0.3 is 10.2 Å². The largest absolute Gasteiger partial charge is 0.340 e. The van der Waals surface area contributed by atoms with Crippen LogP contribution in [-0.4, -0.2) is 61.5 Å². The third-order valence-electron chi connectivity index (χ3n) is 4.97. The number of amides is 1. The van der Waals surface area contributed by atoms with Crippen molar-refractivity contribution in [1.29, 1.82) is 0 Å². The molecule has 4 nitrogen and oxygen atoms in total. The molecule has 2 rings (SSSR count). The number of hydrogen-bond acceptors (Lipinski definition) is 3. The smallest absolute Gasteiger partial charge is 0.236 e. The Morgan fingerprint density at radius 1 is 1.16 bits per heavy atom. The molecule has 0 bridgehead atoms. The Labute approximate surface area is 117 Å². The van der Waals surface area contributed by atoms with Gasteiger partial charge in [0.25, 0.3) is 0 Å². The van der Waals surface area contributed by atoms with Crippen LogP contribution in [0.5, 0.6) is 0 Å². The molecule has 2 saturated heterocycles. The fraction of sp³-hybridized carbons (Fsp3) is 0.933. The van der Waals surface area contributed by atoms with Gasteiger partial charge in [-0.1, -0.05) is 20.3 Å². The van der Waals surface area contributed by atoms with Crippen molar-refractivity contribution in [3.8, 4) is 0 Å². The maximum Gasteiger partial charge on any atom is 0.236 e. The number of likely N-dealkylation sites (tertiary alicyclic amines) is 1. The van der Waals surface area contributed by atoms with Crippen LogP contribution in [0.25, 0.3) is 0 Å². The summed E-state index contributed by atoms with van der Waals surface area (Å²) in [7, 11) is 0. The molecular weight excluding hydrogens is 238 g/mol. The second kappa shape index (κ2) is 6.71. The van der Waals surface area contributed by atoms with Gasteiger partial charge in [0.05, 0.1) is 6.54 Å². The lowest BCUT2D eigenvalue weighted by Gasteiger charge is -2.39. The highest BCUT2D eigenvalue weighted by atomic mass is 16.2. The Hall–Kier alpha value is -0.610. The molecule has 2 heterocycles. The molecule has 1 amide bonds. The van der Waals surface area contributed by atoms with E-state index in [1.807, 2.05) is 4.90 Å². The van der Waals surface area contributed by atoms with Crippen LogP contribution in [0.3, 0.4) is 0 Å². The first-order valence-electron chi connectivity index (χ1n) is 7.84. The van der Waals surface area contributed by atoms with E-state index in [0.717, 1.165) is 45.7 Å². The van der Waals surface area contributed by atoms with Crippen LogP contribution in [0.15, 0.2) is 0 Å². The van der Waals surface area contributed by atoms with Gasteiger partial charge in [-0.05, 0) is 44.3 Å². The average Bonchev–Trinajstić information content (AvgIpc) is 2.70. The first kappa shape index (κ1) is 14.8. The molecule has 0 aromatic rings. The Morgan fingerprint density at radius 2 is 1.89 bits per heavy atom. The molecule has 2 aliphatic heterocycles. The SMILES string of the molecule is CCC1(C)CCN(CC(=O)N2CCCNCC2)CC1. The lowest BCUT2D eigenvalue weighted by molar-refractivity contribution is -0.132. The zero-order chi connectivity index (χ0) is 13.7. The Kier molecular flexibility index (Phi) is 5.22. The molecule has 0 atom stereocenters. The van der Waals surface area contributed by atoms with Crippen LogP contribution in [0, 0.1) is 5.41 Å². The van der Waals surface area contributed by atoms with E-state index in [1.54, 1.807) is 0 Å². The fourth-order valence-electron chi connectivity index (χ4n) is 2.99. The number of piperidine rings is 1. The normalized spacial score (nSPS) is 25.1. The zero-order valence-electron chi connectivity index (χ0n) is 12.6. The van der Waals surface area contributed by atoms with Gasteiger partial charge in [0, 0.05) is 19.6 Å². The van der Waals surface area contributed by atoms with Gasteiger partial charge in [0.1, 0.15) is 0 Å². The summed E-state index contributed by atoms with van der Waals surface area (Å²) in [5, 5.41) is 3.35. The molecule has 0 aromatic carbocycles. The van der Waals surface area contributed by atoms with Crippen molar-refractivity contribution in [3.05, 3.63) is 0 Å². The molecule has 2 fully saturated rings. The number of nitrogens with one attached hydrogen (secondary N) is 1. The van der Waals surface area contributed by atoms with Crippen molar-refractivity contribution in [1.82, 2.24) is 15.1 Å². The Morgan fingerprint density at radius 3 is 2.58 bits per heavy atom. The number of carbonyl (C=O) groups is 1. The first-order valence-corrected chi connectivity index (χ1v) is 7.84. The maximum atomic E-state index is 12.3. The van der Waals surface area contributed by atoms with Gasteiger partial charge >= 0.3 is 0 Å². The molecule has 1 N–H and O–H groups in total. The van der Waals surface area contributed by atoms with E-state index >= 15 is 0 Å². The monoisotopic (exact) mass is 267 g/mol. The van der Waals surface area contributed by atoms with Gasteiger partial charge in [0.15, 0.2) is 0 Å². The molecule has 19 heavy (non-hydrogen) atoms. The van der Waals surface area contributed by atoms with Gasteiger partial charge in [-0.25, -0.2) is 0 Å². The molecule has 0 unspecified atom stereocenters. The molecule has 0 spiro atoms. The summed E-state index contributed by atoms with van der Waals surface area (Å²) in [6.45, 7) is 11.2. The molecule has 0 radical (unpaired) electrons. The van der Waals surface area contributed by atoms with Crippen molar-refractivity contribution in [3.63, 3.8) is 0 Å². The van der Waals surface area contributed by atoms with E-state index in [4.69, 9.17) is 0 Å². The summed E-state index contributed by atoms with van der Waals surface area (Å²) in [6.07, 6.45) is 4.81. The van der Waals surface area contributed by atoms with Crippen LogP contribution in [0.4, 0.5) is 0 Å². The van der Waals surface area contributed by atoms with E-state index in [1.165, 1.54) is 19.3 Å². The number of rotatable bonds is 3. The van der Waals surface area contributed by atoms with Crippen LogP contribution >= 0.6 is 0 Å². The zero-order valence-corrected chi connectivity index (χ0v) is 12.6. The second-order valence-corrected chi connectivity index (χ2v) is 6.42. The summed E-state index contributed by atoms with van der Waals surface area (Å²) in [4.78, 5) is 16.7. The predicted molar refractivity (Wildman–Crippen MR) is 78.1 cm³/mol. The van der Waals surface area contributed by atoms with Crippen molar-refractivity contribution < 1.29 is 4.79 Å². The van der Waals surface area contributed by atoms with E-state index in [9.17, 15) is 4.79 Å². The standard InChI is InChI=1S/C15H29N3O/c1-3-15(2)5-10-17(11-6-15)13-14(19)18-9-4-7-16-8-12-18/h16H,3-13H2,1-2H3. The minimum Gasteiger partial charge on any atom is -0.340 e. The molecule has 4 heteroatoms. The number of hydrogen-bond donors (Lipinski definition) is 1. The highest BCUT2D eigenvalue weighted by molar-refractivity contribution is 5.78. The molecule has 0 aromatic heterocycles. The Balaban J connectivity index is 1.77. The lowest BCUT2D eigenvalue weighted by atomic mass is 9.78. The van der Waals surface area contributed by atoms with Gasteiger partial charge in [-0.2, -0.15) is 0 Å². The van der Waals surface area contributed by atoms with E-state index in [-0.39, 0.29) is 0 Å². The minimum absolute atomic E-state index is 0.323. The van der Waals surface area contributed by atoms with E-state index in [2.05, 4.69) is 24.1 Å². The molecule has 0 aliphatic carbocycles. The fourth-order valence-corrected chi connectivity index (χ4v) is 2.99. The van der Waals surface area contributed by atoms with Gasteiger partial charge in [0.2, 0.25) is 5.91 Å². The van der Waals surface area contributed by atoms with E-state index in [0.29, 0.717) is 17.9 Å². The second-order valence-electron chi connectivity index (χ2n) is 6.42. The topological polar surface area (TPSA) is 35.6 Å². The third-order valence-corrected chi connectivity index (χ3v) is 4.97. The van der Waals surface area contributed by atoms with E-state index < -0.39 is 0 Å². The number of carbonyl (C=O) groups excluding carboxylic acids is 1. The molecular formula is C15H29N3O. The predicted octanol–water partition coefficient (Wildman–Crippen LogP) is 1.32. The summed E-state index contributed by atoms with van der Waals surface area (Å²) in [5.41, 5.74) is 0.506. The van der Waals surface area contributed by atoms with Crippen LogP contribution in [0.1, 0.15) is 39.5 Å². The molecule has 110 valence electrons. The van der Waals surface area contributed by atoms with Crippen molar-refractivity contribution >= 4 is 5.91 Å².